The van der Waals surface area contributed by atoms with Crippen molar-refractivity contribution in [3.8, 4) is 0 Å². The van der Waals surface area contributed by atoms with Gasteiger partial charge in [0.1, 0.15) is 5.82 Å². The zero-order valence-corrected chi connectivity index (χ0v) is 12.8. The van der Waals surface area contributed by atoms with Crippen molar-refractivity contribution >= 4 is 10.0 Å². The van der Waals surface area contributed by atoms with Crippen LogP contribution in [0.1, 0.15) is 24.9 Å². The Bertz CT molecular complexity index is 562. The number of hydrogen-bond acceptors (Lipinski definition) is 4. The molecule has 5 nitrogen and oxygen atoms in total. The highest BCUT2D eigenvalue weighted by molar-refractivity contribution is 7.89. The Morgan fingerprint density at radius 1 is 1.38 bits per heavy atom. The second-order valence-electron chi connectivity index (χ2n) is 5.25. The number of aliphatic hydroxyl groups is 1. The van der Waals surface area contributed by atoms with Gasteiger partial charge in [-0.15, -0.1) is 0 Å². The number of rotatable bonds is 6. The molecule has 1 fully saturated rings. The third-order valence-corrected chi connectivity index (χ3v) is 5.14. The van der Waals surface area contributed by atoms with Gasteiger partial charge in [0.25, 0.3) is 0 Å². The summed E-state index contributed by atoms with van der Waals surface area (Å²) >= 11 is 0. The molecule has 7 heteroatoms. The van der Waals surface area contributed by atoms with Crippen molar-refractivity contribution in [2.75, 3.05) is 25.4 Å². The van der Waals surface area contributed by atoms with E-state index in [1.165, 1.54) is 12.1 Å². The van der Waals surface area contributed by atoms with Gasteiger partial charge in [0.05, 0.1) is 11.9 Å². The minimum Gasteiger partial charge on any atom is -0.392 e. The second-order valence-corrected chi connectivity index (χ2v) is 7.35. The van der Waals surface area contributed by atoms with Crippen molar-refractivity contribution in [1.82, 2.24) is 9.62 Å². The first-order valence-electron chi connectivity index (χ1n) is 7.06. The Labute approximate surface area is 124 Å². The molecule has 1 aliphatic heterocycles. The van der Waals surface area contributed by atoms with E-state index in [0.29, 0.717) is 26.1 Å². The van der Waals surface area contributed by atoms with Crippen LogP contribution in [0.5, 0.6) is 0 Å². The fourth-order valence-corrected chi connectivity index (χ4v) is 3.21. The summed E-state index contributed by atoms with van der Waals surface area (Å²) < 4.78 is 38.3. The lowest BCUT2D eigenvalue weighted by atomic mass is 10.0. The fourth-order valence-electron chi connectivity index (χ4n) is 2.61. The van der Waals surface area contributed by atoms with Gasteiger partial charge >= 0.3 is 0 Å². The summed E-state index contributed by atoms with van der Waals surface area (Å²) in [5.41, 5.74) is 0.936. The number of nitrogens with zero attached hydrogens (tertiary/aromatic N) is 1. The van der Waals surface area contributed by atoms with Crippen LogP contribution < -0.4 is 4.72 Å². The number of likely N-dealkylation sites (tertiary alicyclic amines) is 1. The molecule has 0 amide bonds. The zero-order chi connectivity index (χ0) is 15.5. The van der Waals surface area contributed by atoms with E-state index >= 15 is 0 Å². The van der Waals surface area contributed by atoms with E-state index in [1.807, 2.05) is 4.90 Å². The average molecular weight is 316 g/mol. The number of aliphatic hydroxyl groups excluding tert-OH is 1. The number of sulfonamides is 1. The summed E-state index contributed by atoms with van der Waals surface area (Å²) in [6.07, 6.45) is 0.134. The van der Waals surface area contributed by atoms with E-state index in [2.05, 4.69) is 4.72 Å². The predicted molar refractivity (Wildman–Crippen MR) is 78.8 cm³/mol. The van der Waals surface area contributed by atoms with E-state index in [0.717, 1.165) is 5.56 Å². The first-order chi connectivity index (χ1) is 9.91. The summed E-state index contributed by atoms with van der Waals surface area (Å²) in [4.78, 5) is 2.02. The van der Waals surface area contributed by atoms with E-state index < -0.39 is 16.1 Å². The number of benzene rings is 1. The summed E-state index contributed by atoms with van der Waals surface area (Å²) in [5, 5.41) is 9.84. The highest BCUT2D eigenvalue weighted by Gasteiger charge is 2.31. The summed E-state index contributed by atoms with van der Waals surface area (Å²) in [6, 6.07) is 6.21. The SMILES string of the molecule is CCS(=O)(=O)NCCN1C[C@H](O)C[C@H]1c1ccc(F)cc1. The van der Waals surface area contributed by atoms with E-state index in [9.17, 15) is 17.9 Å². The van der Waals surface area contributed by atoms with Gasteiger partial charge < -0.3 is 5.11 Å². The van der Waals surface area contributed by atoms with Gasteiger partial charge in [0.2, 0.25) is 10.0 Å². The molecule has 0 aromatic heterocycles. The van der Waals surface area contributed by atoms with E-state index in [-0.39, 0.29) is 17.6 Å². The van der Waals surface area contributed by atoms with Gasteiger partial charge in [-0.3, -0.25) is 4.90 Å². The number of nitrogens with one attached hydrogen (secondary N) is 1. The number of β-amino-alcohol motifs (C(OH)–C–C–N with tert-alkyl or cyclic N) is 1. The average Bonchev–Trinajstić information content (AvgIpc) is 2.80. The van der Waals surface area contributed by atoms with Crippen LogP contribution in [0.3, 0.4) is 0 Å². The lowest BCUT2D eigenvalue weighted by Crippen LogP contribution is -2.36. The number of hydrogen-bond donors (Lipinski definition) is 2. The highest BCUT2D eigenvalue weighted by Crippen LogP contribution is 2.31. The molecule has 21 heavy (non-hydrogen) atoms. The summed E-state index contributed by atoms with van der Waals surface area (Å²) in [6.45, 7) is 2.90. The quantitative estimate of drug-likeness (QED) is 0.817. The molecule has 1 heterocycles. The van der Waals surface area contributed by atoms with Crippen LogP contribution in [-0.4, -0.2) is 49.9 Å². The third kappa shape index (κ3) is 4.47. The molecule has 2 N–H and O–H groups in total. The molecule has 1 saturated heterocycles. The Kier molecular flexibility index (Phi) is 5.32. The molecule has 118 valence electrons. The van der Waals surface area contributed by atoms with Crippen LogP contribution in [0, 0.1) is 5.82 Å². The highest BCUT2D eigenvalue weighted by atomic mass is 32.2. The van der Waals surface area contributed by atoms with Crippen LogP contribution in [0.15, 0.2) is 24.3 Å². The smallest absolute Gasteiger partial charge is 0.211 e. The molecular formula is C14H21FN2O3S. The molecule has 0 unspecified atom stereocenters. The molecule has 1 aromatic rings. The molecule has 0 radical (unpaired) electrons. The Balaban J connectivity index is 1.98. The molecule has 0 aliphatic carbocycles. The minimum atomic E-state index is -3.20. The summed E-state index contributed by atoms with van der Waals surface area (Å²) in [7, 11) is -3.20. The van der Waals surface area contributed by atoms with Crippen molar-refractivity contribution in [3.63, 3.8) is 0 Å². The van der Waals surface area contributed by atoms with Crippen molar-refractivity contribution in [3.05, 3.63) is 35.6 Å². The van der Waals surface area contributed by atoms with E-state index in [1.54, 1.807) is 19.1 Å². The van der Waals surface area contributed by atoms with Gasteiger partial charge in [-0.2, -0.15) is 0 Å². The molecule has 0 spiro atoms. The molecular weight excluding hydrogens is 295 g/mol. The first kappa shape index (κ1) is 16.4. The monoisotopic (exact) mass is 316 g/mol. The standard InChI is InChI=1S/C14H21FN2O3S/c1-2-21(19,20)16-7-8-17-10-13(18)9-14(17)11-3-5-12(15)6-4-11/h3-6,13-14,16,18H,2,7-10H2,1H3/t13-,14+/m1/s1. The normalized spacial score (nSPS) is 23.6. The maximum atomic E-state index is 13.0. The Hall–Kier alpha value is -1.02. The van der Waals surface area contributed by atoms with Crippen LogP contribution in [-0.2, 0) is 10.0 Å². The molecule has 1 aromatic carbocycles. The summed E-state index contributed by atoms with van der Waals surface area (Å²) in [5.74, 6) is -0.239. The van der Waals surface area contributed by atoms with Crippen molar-refractivity contribution < 1.29 is 17.9 Å². The maximum Gasteiger partial charge on any atom is 0.211 e. The van der Waals surface area contributed by atoms with Crippen LogP contribution in [0.2, 0.25) is 0 Å². The van der Waals surface area contributed by atoms with Crippen molar-refractivity contribution in [1.29, 1.82) is 0 Å². The second kappa shape index (κ2) is 6.83. The molecule has 1 aliphatic rings. The molecule has 0 bridgehead atoms. The minimum absolute atomic E-state index is 0.00766. The van der Waals surface area contributed by atoms with Crippen LogP contribution in [0.25, 0.3) is 0 Å². The van der Waals surface area contributed by atoms with Gasteiger partial charge in [-0.1, -0.05) is 12.1 Å². The van der Waals surface area contributed by atoms with Crippen molar-refractivity contribution in [2.45, 2.75) is 25.5 Å². The Morgan fingerprint density at radius 3 is 2.67 bits per heavy atom. The Morgan fingerprint density at radius 2 is 2.05 bits per heavy atom. The molecule has 0 saturated carbocycles. The largest absolute Gasteiger partial charge is 0.392 e. The van der Waals surface area contributed by atoms with E-state index in [4.69, 9.17) is 0 Å². The van der Waals surface area contributed by atoms with Gasteiger partial charge in [0.15, 0.2) is 0 Å². The van der Waals surface area contributed by atoms with Gasteiger partial charge in [-0.25, -0.2) is 17.5 Å². The maximum absolute atomic E-state index is 13.0. The fraction of sp³-hybridized carbons (Fsp3) is 0.571. The lowest BCUT2D eigenvalue weighted by Gasteiger charge is -2.24. The van der Waals surface area contributed by atoms with Crippen LogP contribution in [0.4, 0.5) is 4.39 Å². The predicted octanol–water partition coefficient (Wildman–Crippen LogP) is 0.873. The van der Waals surface area contributed by atoms with Crippen molar-refractivity contribution in [2.24, 2.45) is 0 Å². The topological polar surface area (TPSA) is 69.6 Å². The number of halogens is 1. The first-order valence-corrected chi connectivity index (χ1v) is 8.71. The lowest BCUT2D eigenvalue weighted by molar-refractivity contribution is 0.176. The van der Waals surface area contributed by atoms with Gasteiger partial charge in [0, 0.05) is 25.7 Å². The third-order valence-electron chi connectivity index (χ3n) is 3.74. The van der Waals surface area contributed by atoms with Gasteiger partial charge in [-0.05, 0) is 31.0 Å². The van der Waals surface area contributed by atoms with Crippen LogP contribution >= 0.6 is 0 Å². The zero-order valence-electron chi connectivity index (χ0n) is 12.0. The molecule has 2 atom stereocenters. The molecule has 2 rings (SSSR count).